The Bertz CT molecular complexity index is 605. The molecule has 2 rings (SSSR count). The van der Waals surface area contributed by atoms with E-state index in [1.807, 2.05) is 0 Å². The van der Waals surface area contributed by atoms with Crippen molar-refractivity contribution in [2.75, 3.05) is 7.11 Å². The summed E-state index contributed by atoms with van der Waals surface area (Å²) in [6.07, 6.45) is -0.756. The lowest BCUT2D eigenvalue weighted by molar-refractivity contribution is -0.157. The molecule has 2 unspecified atom stereocenters. The molecule has 118 valence electrons. The van der Waals surface area contributed by atoms with Gasteiger partial charge in [-0.2, -0.15) is 0 Å². The summed E-state index contributed by atoms with van der Waals surface area (Å²) in [5, 5.41) is 0.547. The normalized spacial score (nSPS) is 21.4. The summed E-state index contributed by atoms with van der Waals surface area (Å²) in [5.41, 5.74) is -0.660. The minimum Gasteiger partial charge on any atom is -0.468 e. The van der Waals surface area contributed by atoms with Gasteiger partial charge in [0.05, 0.1) is 19.4 Å². The van der Waals surface area contributed by atoms with Gasteiger partial charge in [0.2, 0.25) is 0 Å². The second kappa shape index (κ2) is 6.08. The van der Waals surface area contributed by atoms with Crippen LogP contribution in [0.3, 0.4) is 0 Å². The Morgan fingerprint density at radius 3 is 2.41 bits per heavy atom. The van der Waals surface area contributed by atoms with Gasteiger partial charge in [-0.1, -0.05) is 23.7 Å². The molecule has 0 aromatic heterocycles. The highest BCUT2D eigenvalue weighted by Crippen LogP contribution is 2.40. The van der Waals surface area contributed by atoms with E-state index in [4.69, 9.17) is 16.3 Å². The zero-order valence-corrected chi connectivity index (χ0v) is 13.3. The molecule has 1 aromatic rings. The van der Waals surface area contributed by atoms with E-state index in [1.165, 1.54) is 21.0 Å². The fourth-order valence-electron chi connectivity index (χ4n) is 2.56. The number of Topliss-reactive ketones (excluding diaryl/α,β-unsaturated/α-hetero) is 1. The summed E-state index contributed by atoms with van der Waals surface area (Å²) in [5.74, 6) is -2.18. The molecule has 2 atom stereocenters. The van der Waals surface area contributed by atoms with Crippen LogP contribution >= 0.6 is 11.6 Å². The number of hydrogen-bond acceptors (Lipinski definition) is 5. The Labute approximate surface area is 133 Å². The standard InChI is InChI=1S/C16H17ClO5/c1-16(2,15(20)21-3)14(19)11-8-12(18)22-13(11)9-4-6-10(17)7-5-9/h4-7,11,13H,8H2,1-3H3. The molecule has 1 saturated heterocycles. The minimum atomic E-state index is -1.34. The van der Waals surface area contributed by atoms with Crippen LogP contribution in [0.15, 0.2) is 24.3 Å². The van der Waals surface area contributed by atoms with Crippen molar-refractivity contribution >= 4 is 29.3 Å². The zero-order chi connectivity index (χ0) is 16.5. The number of carbonyl (C=O) groups is 3. The van der Waals surface area contributed by atoms with Gasteiger partial charge in [0.25, 0.3) is 0 Å². The molecule has 1 aliphatic heterocycles. The largest absolute Gasteiger partial charge is 0.468 e. The Morgan fingerprint density at radius 1 is 1.27 bits per heavy atom. The topological polar surface area (TPSA) is 69.7 Å². The third kappa shape index (κ3) is 2.99. The van der Waals surface area contributed by atoms with Gasteiger partial charge in [0.1, 0.15) is 11.5 Å². The molecule has 0 radical (unpaired) electrons. The molecule has 6 heteroatoms. The number of carbonyl (C=O) groups excluding carboxylic acids is 3. The number of methoxy groups -OCH3 is 1. The zero-order valence-electron chi connectivity index (χ0n) is 12.6. The highest BCUT2D eigenvalue weighted by Gasteiger charge is 2.49. The molecular weight excluding hydrogens is 308 g/mol. The summed E-state index contributed by atoms with van der Waals surface area (Å²) in [6.45, 7) is 2.98. The fourth-order valence-corrected chi connectivity index (χ4v) is 2.69. The number of hydrogen-bond donors (Lipinski definition) is 0. The van der Waals surface area contributed by atoms with Crippen LogP contribution in [0.2, 0.25) is 5.02 Å². The number of cyclic esters (lactones) is 1. The highest BCUT2D eigenvalue weighted by atomic mass is 35.5. The number of esters is 2. The molecule has 0 saturated carbocycles. The van der Waals surface area contributed by atoms with Crippen molar-refractivity contribution in [1.29, 1.82) is 0 Å². The number of ketones is 1. The molecule has 1 aromatic carbocycles. The van der Waals surface area contributed by atoms with Crippen LogP contribution < -0.4 is 0 Å². The van der Waals surface area contributed by atoms with Crippen LogP contribution in [0.5, 0.6) is 0 Å². The molecule has 1 fully saturated rings. The molecule has 0 spiro atoms. The Hall–Kier alpha value is -1.88. The van der Waals surface area contributed by atoms with Crippen LogP contribution in [0.25, 0.3) is 0 Å². The van der Waals surface area contributed by atoms with Gasteiger partial charge in [-0.25, -0.2) is 0 Å². The van der Waals surface area contributed by atoms with E-state index in [0.717, 1.165) is 0 Å². The van der Waals surface area contributed by atoms with Gasteiger partial charge in [-0.05, 0) is 31.5 Å². The summed E-state index contributed by atoms with van der Waals surface area (Å²) < 4.78 is 9.95. The summed E-state index contributed by atoms with van der Waals surface area (Å²) in [4.78, 5) is 36.2. The van der Waals surface area contributed by atoms with E-state index in [-0.39, 0.29) is 12.2 Å². The van der Waals surface area contributed by atoms with Gasteiger partial charge in [-0.15, -0.1) is 0 Å². The van der Waals surface area contributed by atoms with Crippen molar-refractivity contribution in [3.8, 4) is 0 Å². The SMILES string of the molecule is COC(=O)C(C)(C)C(=O)C1CC(=O)OC1c1ccc(Cl)cc1. The average molecular weight is 325 g/mol. The highest BCUT2D eigenvalue weighted by molar-refractivity contribution is 6.30. The second-order valence-corrected chi connectivity index (χ2v) is 6.19. The summed E-state index contributed by atoms with van der Waals surface area (Å²) >= 11 is 5.84. The van der Waals surface area contributed by atoms with E-state index in [1.54, 1.807) is 24.3 Å². The van der Waals surface area contributed by atoms with Gasteiger partial charge >= 0.3 is 11.9 Å². The van der Waals surface area contributed by atoms with Crippen LogP contribution in [-0.4, -0.2) is 24.8 Å². The third-order valence-corrected chi connectivity index (χ3v) is 4.11. The van der Waals surface area contributed by atoms with E-state index >= 15 is 0 Å². The van der Waals surface area contributed by atoms with Gasteiger partial charge in [-0.3, -0.25) is 14.4 Å². The maximum Gasteiger partial charge on any atom is 0.318 e. The fraction of sp³-hybridized carbons (Fsp3) is 0.438. The van der Waals surface area contributed by atoms with Crippen molar-refractivity contribution in [2.45, 2.75) is 26.4 Å². The molecule has 0 N–H and O–H groups in total. The smallest absolute Gasteiger partial charge is 0.318 e. The van der Waals surface area contributed by atoms with Crippen LogP contribution in [-0.2, 0) is 23.9 Å². The van der Waals surface area contributed by atoms with Crippen molar-refractivity contribution in [3.63, 3.8) is 0 Å². The molecule has 1 heterocycles. The summed E-state index contributed by atoms with van der Waals surface area (Å²) in [7, 11) is 1.23. The quantitative estimate of drug-likeness (QED) is 0.629. The molecule has 0 bridgehead atoms. The van der Waals surface area contributed by atoms with Crippen LogP contribution in [0.4, 0.5) is 0 Å². The first-order valence-electron chi connectivity index (χ1n) is 6.85. The lowest BCUT2D eigenvalue weighted by Crippen LogP contribution is -2.39. The number of rotatable bonds is 4. The molecule has 5 nitrogen and oxygen atoms in total. The third-order valence-electron chi connectivity index (χ3n) is 3.86. The van der Waals surface area contributed by atoms with E-state index in [2.05, 4.69) is 4.74 Å². The number of ether oxygens (including phenoxy) is 2. The first-order valence-corrected chi connectivity index (χ1v) is 7.23. The first-order chi connectivity index (χ1) is 10.3. The van der Waals surface area contributed by atoms with Gasteiger partial charge < -0.3 is 9.47 Å². The predicted octanol–water partition coefficient (Wildman–Crippen LogP) is 2.71. The first kappa shape index (κ1) is 16.5. The monoisotopic (exact) mass is 324 g/mol. The lowest BCUT2D eigenvalue weighted by atomic mass is 9.77. The molecule has 22 heavy (non-hydrogen) atoms. The van der Waals surface area contributed by atoms with Crippen molar-refractivity contribution in [2.24, 2.45) is 11.3 Å². The second-order valence-electron chi connectivity index (χ2n) is 5.75. The summed E-state index contributed by atoms with van der Waals surface area (Å²) in [6, 6.07) is 6.74. The predicted molar refractivity (Wildman–Crippen MR) is 79.2 cm³/mol. The van der Waals surface area contributed by atoms with E-state index in [0.29, 0.717) is 10.6 Å². The lowest BCUT2D eigenvalue weighted by Gasteiger charge is -2.25. The Morgan fingerprint density at radius 2 is 1.86 bits per heavy atom. The Kier molecular flexibility index (Phi) is 4.56. The molecule has 0 amide bonds. The number of benzene rings is 1. The molecular formula is C16H17ClO5. The van der Waals surface area contributed by atoms with Crippen LogP contribution in [0, 0.1) is 11.3 Å². The molecule has 1 aliphatic rings. The Balaban J connectivity index is 2.31. The van der Waals surface area contributed by atoms with E-state index in [9.17, 15) is 14.4 Å². The van der Waals surface area contributed by atoms with Crippen molar-refractivity contribution < 1.29 is 23.9 Å². The van der Waals surface area contributed by atoms with Crippen molar-refractivity contribution in [3.05, 3.63) is 34.9 Å². The maximum atomic E-state index is 12.7. The maximum absolute atomic E-state index is 12.7. The van der Waals surface area contributed by atoms with Crippen molar-refractivity contribution in [1.82, 2.24) is 0 Å². The average Bonchev–Trinajstić information content (AvgIpc) is 2.88. The molecule has 0 aliphatic carbocycles. The van der Waals surface area contributed by atoms with Gasteiger partial charge in [0, 0.05) is 5.02 Å². The van der Waals surface area contributed by atoms with Crippen LogP contribution in [0.1, 0.15) is 31.9 Å². The number of halogens is 1. The van der Waals surface area contributed by atoms with E-state index < -0.39 is 29.4 Å². The minimum absolute atomic E-state index is 0.0491. The van der Waals surface area contributed by atoms with Gasteiger partial charge in [0.15, 0.2) is 5.78 Å².